The van der Waals surface area contributed by atoms with E-state index in [1.807, 2.05) is 0 Å². The van der Waals surface area contributed by atoms with Crippen molar-refractivity contribution in [3.8, 4) is 0 Å². The van der Waals surface area contributed by atoms with Crippen LogP contribution in [0.2, 0.25) is 0 Å². The summed E-state index contributed by atoms with van der Waals surface area (Å²) in [6.07, 6.45) is 20.7. The van der Waals surface area contributed by atoms with Crippen LogP contribution in [-0.2, 0) is 0 Å². The molecule has 1 nitrogen and oxygen atoms in total. The van der Waals surface area contributed by atoms with Crippen LogP contribution in [0.4, 0.5) is 0 Å². The van der Waals surface area contributed by atoms with Gasteiger partial charge in [-0.05, 0) is 37.5 Å². The third-order valence-electron chi connectivity index (χ3n) is 5.53. The van der Waals surface area contributed by atoms with Crippen molar-refractivity contribution >= 4 is 0 Å². The zero-order valence-electron chi connectivity index (χ0n) is 11.7. The Morgan fingerprint density at radius 1 is 0.722 bits per heavy atom. The van der Waals surface area contributed by atoms with Crippen LogP contribution in [0, 0.1) is 11.8 Å². The lowest BCUT2D eigenvalue weighted by Crippen LogP contribution is -2.46. The number of nitrogens with one attached hydrogen (secondary N) is 1. The molecular formula is C17H29N. The molecule has 0 aliphatic heterocycles. The van der Waals surface area contributed by atoms with Crippen LogP contribution in [-0.4, -0.2) is 12.1 Å². The number of hydrogen-bond acceptors (Lipinski definition) is 1. The zero-order chi connectivity index (χ0) is 12.2. The Bertz CT molecular complexity index is 269. The van der Waals surface area contributed by atoms with Crippen molar-refractivity contribution in [3.63, 3.8) is 0 Å². The second-order valence-electron chi connectivity index (χ2n) is 6.76. The Morgan fingerprint density at radius 2 is 1.39 bits per heavy atom. The summed E-state index contributed by atoms with van der Waals surface area (Å²) in [6, 6.07) is 1.60. The summed E-state index contributed by atoms with van der Waals surface area (Å²) in [5, 5.41) is 4.00. The molecule has 0 amide bonds. The van der Waals surface area contributed by atoms with Gasteiger partial charge in [0, 0.05) is 12.1 Å². The molecule has 2 saturated carbocycles. The highest BCUT2D eigenvalue weighted by atomic mass is 15.0. The standard InChI is InChI=1S/C17H29N/c1-2-8-14(9-3-1)16-12-6-7-13-17(16)18-15-10-4-5-11-15/h4-5,14-18H,1-3,6-13H2. The molecule has 1 N–H and O–H groups in total. The minimum Gasteiger partial charge on any atom is -0.310 e. The molecule has 0 aromatic heterocycles. The van der Waals surface area contributed by atoms with Gasteiger partial charge in [-0.15, -0.1) is 0 Å². The van der Waals surface area contributed by atoms with Gasteiger partial charge in [-0.1, -0.05) is 57.1 Å². The molecule has 0 aromatic carbocycles. The molecular weight excluding hydrogens is 218 g/mol. The van der Waals surface area contributed by atoms with Crippen LogP contribution in [0.25, 0.3) is 0 Å². The molecule has 3 rings (SSSR count). The predicted octanol–water partition coefficient (Wildman–Crippen LogP) is 4.43. The second kappa shape index (κ2) is 6.23. The fourth-order valence-electron chi connectivity index (χ4n) is 4.55. The first-order chi connectivity index (χ1) is 8.93. The quantitative estimate of drug-likeness (QED) is 0.727. The maximum absolute atomic E-state index is 4.00. The highest BCUT2D eigenvalue weighted by Crippen LogP contribution is 2.38. The minimum absolute atomic E-state index is 0.763. The van der Waals surface area contributed by atoms with Gasteiger partial charge < -0.3 is 5.32 Å². The molecule has 0 bridgehead atoms. The summed E-state index contributed by atoms with van der Waals surface area (Å²) < 4.78 is 0. The number of rotatable bonds is 3. The Morgan fingerprint density at radius 3 is 2.17 bits per heavy atom. The maximum atomic E-state index is 4.00. The summed E-state index contributed by atoms with van der Waals surface area (Å²) in [5.74, 6) is 2.05. The Labute approximate surface area is 112 Å². The second-order valence-corrected chi connectivity index (χ2v) is 6.76. The Hall–Kier alpha value is -0.300. The SMILES string of the molecule is C1=CCC(NC2CCCCC2C2CCCCC2)C1. The molecule has 0 heterocycles. The topological polar surface area (TPSA) is 12.0 Å². The highest BCUT2D eigenvalue weighted by Gasteiger charge is 2.33. The fraction of sp³-hybridized carbons (Fsp3) is 0.882. The van der Waals surface area contributed by atoms with E-state index in [0.29, 0.717) is 0 Å². The molecule has 3 aliphatic rings. The molecule has 0 saturated heterocycles. The first-order valence-corrected chi connectivity index (χ1v) is 8.34. The van der Waals surface area contributed by atoms with E-state index in [1.54, 1.807) is 0 Å². The minimum atomic E-state index is 0.763. The van der Waals surface area contributed by atoms with Crippen LogP contribution in [0.15, 0.2) is 12.2 Å². The van der Waals surface area contributed by atoms with Crippen molar-refractivity contribution < 1.29 is 0 Å². The van der Waals surface area contributed by atoms with Crippen molar-refractivity contribution in [1.29, 1.82) is 0 Å². The molecule has 0 aromatic rings. The summed E-state index contributed by atoms with van der Waals surface area (Å²) in [5.41, 5.74) is 0. The third kappa shape index (κ3) is 2.99. The van der Waals surface area contributed by atoms with Gasteiger partial charge in [-0.3, -0.25) is 0 Å². The molecule has 0 spiro atoms. The van der Waals surface area contributed by atoms with Gasteiger partial charge in [0.15, 0.2) is 0 Å². The number of hydrogen-bond donors (Lipinski definition) is 1. The van der Waals surface area contributed by atoms with E-state index >= 15 is 0 Å². The van der Waals surface area contributed by atoms with Crippen LogP contribution < -0.4 is 5.32 Å². The predicted molar refractivity (Wildman–Crippen MR) is 77.6 cm³/mol. The normalized spacial score (nSPS) is 35.1. The summed E-state index contributed by atoms with van der Waals surface area (Å²) >= 11 is 0. The first-order valence-electron chi connectivity index (χ1n) is 8.34. The lowest BCUT2D eigenvalue weighted by molar-refractivity contribution is 0.142. The largest absolute Gasteiger partial charge is 0.310 e. The summed E-state index contributed by atoms with van der Waals surface area (Å²) in [4.78, 5) is 0. The van der Waals surface area contributed by atoms with Crippen LogP contribution in [0.1, 0.15) is 70.6 Å². The van der Waals surface area contributed by atoms with E-state index in [1.165, 1.54) is 70.6 Å². The van der Waals surface area contributed by atoms with Crippen LogP contribution in [0.5, 0.6) is 0 Å². The first kappa shape index (κ1) is 12.7. The van der Waals surface area contributed by atoms with Crippen molar-refractivity contribution in [1.82, 2.24) is 5.32 Å². The van der Waals surface area contributed by atoms with E-state index in [-0.39, 0.29) is 0 Å². The van der Waals surface area contributed by atoms with Gasteiger partial charge in [0.2, 0.25) is 0 Å². The average molecular weight is 247 g/mol. The maximum Gasteiger partial charge on any atom is 0.0139 e. The lowest BCUT2D eigenvalue weighted by atomic mass is 9.71. The molecule has 102 valence electrons. The van der Waals surface area contributed by atoms with E-state index in [0.717, 1.165) is 23.9 Å². The van der Waals surface area contributed by atoms with E-state index in [4.69, 9.17) is 0 Å². The monoisotopic (exact) mass is 247 g/mol. The lowest BCUT2D eigenvalue weighted by Gasteiger charge is -2.40. The van der Waals surface area contributed by atoms with E-state index in [2.05, 4.69) is 17.5 Å². The smallest absolute Gasteiger partial charge is 0.0139 e. The fourth-order valence-corrected chi connectivity index (χ4v) is 4.55. The van der Waals surface area contributed by atoms with Gasteiger partial charge in [0.25, 0.3) is 0 Å². The molecule has 1 heteroatoms. The van der Waals surface area contributed by atoms with E-state index in [9.17, 15) is 0 Å². The summed E-state index contributed by atoms with van der Waals surface area (Å²) in [7, 11) is 0. The van der Waals surface area contributed by atoms with Crippen LogP contribution in [0.3, 0.4) is 0 Å². The van der Waals surface area contributed by atoms with Gasteiger partial charge in [0.05, 0.1) is 0 Å². The van der Waals surface area contributed by atoms with Crippen LogP contribution >= 0.6 is 0 Å². The van der Waals surface area contributed by atoms with Crippen molar-refractivity contribution in [2.45, 2.75) is 82.7 Å². The van der Waals surface area contributed by atoms with Gasteiger partial charge in [-0.2, -0.15) is 0 Å². The van der Waals surface area contributed by atoms with E-state index < -0.39 is 0 Å². The highest BCUT2D eigenvalue weighted by molar-refractivity contribution is 5.00. The van der Waals surface area contributed by atoms with Crippen molar-refractivity contribution in [2.24, 2.45) is 11.8 Å². The molecule has 2 fully saturated rings. The Kier molecular flexibility index (Phi) is 4.40. The summed E-state index contributed by atoms with van der Waals surface area (Å²) in [6.45, 7) is 0. The molecule has 2 unspecified atom stereocenters. The average Bonchev–Trinajstić information content (AvgIpc) is 2.93. The van der Waals surface area contributed by atoms with Gasteiger partial charge in [0.1, 0.15) is 0 Å². The molecule has 3 aliphatic carbocycles. The zero-order valence-corrected chi connectivity index (χ0v) is 11.7. The molecule has 18 heavy (non-hydrogen) atoms. The van der Waals surface area contributed by atoms with Crippen molar-refractivity contribution in [3.05, 3.63) is 12.2 Å². The molecule has 0 radical (unpaired) electrons. The van der Waals surface area contributed by atoms with Gasteiger partial charge >= 0.3 is 0 Å². The van der Waals surface area contributed by atoms with Gasteiger partial charge in [-0.25, -0.2) is 0 Å². The Balaban J connectivity index is 1.58. The molecule has 2 atom stereocenters. The van der Waals surface area contributed by atoms with Crippen molar-refractivity contribution in [2.75, 3.05) is 0 Å². The third-order valence-corrected chi connectivity index (χ3v) is 5.53.